The summed E-state index contributed by atoms with van der Waals surface area (Å²) in [6, 6.07) is 11.0. The predicted octanol–water partition coefficient (Wildman–Crippen LogP) is 1.60. The second kappa shape index (κ2) is 3.44. The highest BCUT2D eigenvalue weighted by molar-refractivity contribution is 5.79. The minimum Gasteiger partial charge on any atom is -0.392 e. The smallest absolute Gasteiger partial charge is 0.141 e. The topological polar surface area (TPSA) is 56.9 Å². The van der Waals surface area contributed by atoms with Crippen molar-refractivity contribution in [3.05, 3.63) is 41.6 Å². The molecule has 0 atom stereocenters. The number of benzene rings is 1. The van der Waals surface area contributed by atoms with E-state index in [1.54, 1.807) is 12.1 Å². The molecule has 0 aliphatic carbocycles. The van der Waals surface area contributed by atoms with Crippen molar-refractivity contribution in [1.29, 1.82) is 5.26 Å². The fraction of sp³-hybridized carbons (Fsp3) is 0.0909. The van der Waals surface area contributed by atoms with E-state index >= 15 is 0 Å². The molecular formula is C11H8N2O. The lowest BCUT2D eigenvalue weighted by Crippen LogP contribution is -1.87. The average Bonchev–Trinajstić information content (AvgIpc) is 2.27. The normalized spacial score (nSPS) is 10.0. The van der Waals surface area contributed by atoms with E-state index in [1.807, 2.05) is 24.3 Å². The lowest BCUT2D eigenvalue weighted by molar-refractivity contribution is 0.282. The molecule has 3 nitrogen and oxygen atoms in total. The average molecular weight is 184 g/mol. The number of nitrogens with zero attached hydrogens (tertiary/aromatic N) is 2. The second-order valence-corrected chi connectivity index (χ2v) is 2.99. The molecule has 2 rings (SSSR count). The van der Waals surface area contributed by atoms with Crippen LogP contribution in [0.1, 0.15) is 11.3 Å². The molecular weight excluding hydrogens is 176 g/mol. The largest absolute Gasteiger partial charge is 0.392 e. The van der Waals surface area contributed by atoms with Crippen molar-refractivity contribution < 1.29 is 5.11 Å². The fourth-order valence-electron chi connectivity index (χ4n) is 1.34. The van der Waals surface area contributed by atoms with Gasteiger partial charge in [0.25, 0.3) is 0 Å². The van der Waals surface area contributed by atoms with Gasteiger partial charge in [0.15, 0.2) is 0 Å². The number of fused-ring (bicyclic) bond motifs is 1. The first-order valence-corrected chi connectivity index (χ1v) is 4.24. The highest BCUT2D eigenvalue weighted by atomic mass is 16.3. The van der Waals surface area contributed by atoms with Crippen molar-refractivity contribution in [2.24, 2.45) is 0 Å². The highest BCUT2D eigenvalue weighted by Gasteiger charge is 1.98. The number of pyridine rings is 1. The van der Waals surface area contributed by atoms with Crippen molar-refractivity contribution in [1.82, 2.24) is 4.98 Å². The van der Waals surface area contributed by atoms with E-state index in [1.165, 1.54) is 0 Å². The third-order valence-corrected chi connectivity index (χ3v) is 2.05. The van der Waals surface area contributed by atoms with Crippen molar-refractivity contribution in [3.8, 4) is 6.07 Å². The molecule has 0 saturated carbocycles. The first-order valence-electron chi connectivity index (χ1n) is 4.24. The zero-order valence-electron chi connectivity index (χ0n) is 7.44. The Morgan fingerprint density at radius 3 is 2.86 bits per heavy atom. The second-order valence-electron chi connectivity index (χ2n) is 2.99. The zero-order valence-corrected chi connectivity index (χ0v) is 7.44. The third-order valence-electron chi connectivity index (χ3n) is 2.05. The lowest BCUT2D eigenvalue weighted by Gasteiger charge is -1.99. The van der Waals surface area contributed by atoms with Crippen molar-refractivity contribution in [2.45, 2.75) is 6.61 Å². The van der Waals surface area contributed by atoms with Gasteiger partial charge in [0.1, 0.15) is 11.8 Å². The molecule has 0 bridgehead atoms. The third kappa shape index (κ3) is 1.43. The van der Waals surface area contributed by atoms with Gasteiger partial charge >= 0.3 is 0 Å². The van der Waals surface area contributed by atoms with Crippen LogP contribution in [0.2, 0.25) is 0 Å². The molecule has 0 aliphatic heterocycles. The Morgan fingerprint density at radius 1 is 1.29 bits per heavy atom. The van der Waals surface area contributed by atoms with Crippen LogP contribution in [-0.4, -0.2) is 10.1 Å². The summed E-state index contributed by atoms with van der Waals surface area (Å²) in [4.78, 5) is 4.13. The van der Waals surface area contributed by atoms with Gasteiger partial charge < -0.3 is 5.11 Å². The van der Waals surface area contributed by atoms with E-state index in [9.17, 15) is 0 Å². The maximum Gasteiger partial charge on any atom is 0.141 e. The molecule has 0 fully saturated rings. The SMILES string of the molecule is N#Cc1ccc2cc(CO)ccc2n1. The van der Waals surface area contributed by atoms with Gasteiger partial charge in [-0.1, -0.05) is 6.07 Å². The van der Waals surface area contributed by atoms with Gasteiger partial charge in [0.05, 0.1) is 12.1 Å². The molecule has 0 aliphatic rings. The number of hydrogen-bond acceptors (Lipinski definition) is 3. The Hall–Kier alpha value is -1.92. The molecule has 0 unspecified atom stereocenters. The van der Waals surface area contributed by atoms with E-state index in [-0.39, 0.29) is 6.61 Å². The Kier molecular flexibility index (Phi) is 2.13. The number of hydrogen-bond donors (Lipinski definition) is 1. The van der Waals surface area contributed by atoms with Gasteiger partial charge in [-0.3, -0.25) is 0 Å². The van der Waals surface area contributed by atoms with Crippen LogP contribution in [0, 0.1) is 11.3 Å². The molecule has 14 heavy (non-hydrogen) atoms. The molecule has 0 saturated heterocycles. The Labute approximate surface area is 81.2 Å². The van der Waals surface area contributed by atoms with Crippen molar-refractivity contribution >= 4 is 10.9 Å². The van der Waals surface area contributed by atoms with Crippen LogP contribution in [0.5, 0.6) is 0 Å². The Balaban J connectivity index is 2.64. The van der Waals surface area contributed by atoms with Crippen LogP contribution in [-0.2, 0) is 6.61 Å². The van der Waals surface area contributed by atoms with Gasteiger partial charge in [-0.25, -0.2) is 4.98 Å². The molecule has 1 aromatic heterocycles. The fourth-order valence-corrected chi connectivity index (χ4v) is 1.34. The first-order chi connectivity index (χ1) is 6.83. The van der Waals surface area contributed by atoms with Gasteiger partial charge in [-0.2, -0.15) is 5.26 Å². The molecule has 0 spiro atoms. The summed E-state index contributed by atoms with van der Waals surface area (Å²) < 4.78 is 0. The molecule has 2 aromatic rings. The zero-order chi connectivity index (χ0) is 9.97. The van der Waals surface area contributed by atoms with E-state index in [0.29, 0.717) is 5.69 Å². The van der Waals surface area contributed by atoms with Crippen LogP contribution in [0.3, 0.4) is 0 Å². The number of aromatic nitrogens is 1. The highest BCUT2D eigenvalue weighted by Crippen LogP contribution is 2.14. The number of aliphatic hydroxyl groups excluding tert-OH is 1. The molecule has 1 N–H and O–H groups in total. The number of nitriles is 1. The summed E-state index contributed by atoms with van der Waals surface area (Å²) in [5, 5.41) is 18.5. The summed E-state index contributed by atoms with van der Waals surface area (Å²) >= 11 is 0. The van der Waals surface area contributed by atoms with E-state index in [0.717, 1.165) is 16.5 Å². The molecule has 1 heterocycles. The van der Waals surface area contributed by atoms with Crippen LogP contribution < -0.4 is 0 Å². The molecule has 68 valence electrons. The lowest BCUT2D eigenvalue weighted by atomic mass is 10.1. The summed E-state index contributed by atoms with van der Waals surface area (Å²) in [6.45, 7) is 0.0238. The van der Waals surface area contributed by atoms with E-state index in [4.69, 9.17) is 10.4 Å². The first kappa shape index (κ1) is 8.67. The predicted molar refractivity (Wildman–Crippen MR) is 52.4 cm³/mol. The van der Waals surface area contributed by atoms with Gasteiger partial charge in [-0.15, -0.1) is 0 Å². The van der Waals surface area contributed by atoms with Crippen LogP contribution >= 0.6 is 0 Å². The van der Waals surface area contributed by atoms with Gasteiger partial charge in [0.2, 0.25) is 0 Å². The monoisotopic (exact) mass is 184 g/mol. The quantitative estimate of drug-likeness (QED) is 0.732. The van der Waals surface area contributed by atoms with Crippen LogP contribution in [0.25, 0.3) is 10.9 Å². The van der Waals surface area contributed by atoms with E-state index in [2.05, 4.69) is 4.98 Å². The Bertz CT molecular complexity index is 514. The van der Waals surface area contributed by atoms with E-state index < -0.39 is 0 Å². The van der Waals surface area contributed by atoms with Crippen LogP contribution in [0.15, 0.2) is 30.3 Å². The van der Waals surface area contributed by atoms with Crippen molar-refractivity contribution in [3.63, 3.8) is 0 Å². The number of aliphatic hydroxyl groups is 1. The minimum absolute atomic E-state index is 0.0238. The maximum atomic E-state index is 8.93. The van der Waals surface area contributed by atoms with Crippen molar-refractivity contribution in [2.75, 3.05) is 0 Å². The molecule has 1 aromatic carbocycles. The Morgan fingerprint density at radius 2 is 2.14 bits per heavy atom. The standard InChI is InChI=1S/C11H8N2O/c12-6-10-3-2-9-5-8(7-14)1-4-11(9)13-10/h1-5,14H,7H2. The molecule has 0 radical (unpaired) electrons. The summed E-state index contributed by atoms with van der Waals surface area (Å²) in [6.07, 6.45) is 0. The summed E-state index contributed by atoms with van der Waals surface area (Å²) in [5.41, 5.74) is 2.04. The summed E-state index contributed by atoms with van der Waals surface area (Å²) in [7, 11) is 0. The summed E-state index contributed by atoms with van der Waals surface area (Å²) in [5.74, 6) is 0. The van der Waals surface area contributed by atoms with Gasteiger partial charge in [0, 0.05) is 5.39 Å². The minimum atomic E-state index is 0.0238. The van der Waals surface area contributed by atoms with Crippen LogP contribution in [0.4, 0.5) is 0 Å². The molecule has 3 heteroatoms. The number of rotatable bonds is 1. The maximum absolute atomic E-state index is 8.93. The van der Waals surface area contributed by atoms with Gasteiger partial charge in [-0.05, 0) is 29.8 Å². The molecule has 0 amide bonds.